The second-order valence-corrected chi connectivity index (χ2v) is 8.09. The molecule has 1 fully saturated rings. The van der Waals surface area contributed by atoms with Crippen LogP contribution in [-0.2, 0) is 5.60 Å². The molecule has 0 aliphatic carbocycles. The van der Waals surface area contributed by atoms with Crippen molar-refractivity contribution >= 4 is 17.2 Å². The van der Waals surface area contributed by atoms with Gasteiger partial charge in [-0.2, -0.15) is 0 Å². The van der Waals surface area contributed by atoms with E-state index in [1.807, 2.05) is 48.9 Å². The topological polar surface area (TPSA) is 62.1 Å². The lowest BCUT2D eigenvalue weighted by Crippen LogP contribution is -2.42. The van der Waals surface area contributed by atoms with E-state index < -0.39 is 5.60 Å². The molecule has 0 atom stereocenters. The van der Waals surface area contributed by atoms with Crippen molar-refractivity contribution in [1.82, 2.24) is 19.9 Å². The molecule has 30 heavy (non-hydrogen) atoms. The van der Waals surface area contributed by atoms with Crippen LogP contribution in [0.2, 0.25) is 5.02 Å². The molecule has 1 aliphatic heterocycles. The molecule has 1 aromatic carbocycles. The third-order valence-corrected chi connectivity index (χ3v) is 5.95. The Labute approximate surface area is 182 Å². The highest BCUT2D eigenvalue weighted by Crippen LogP contribution is 2.33. The van der Waals surface area contributed by atoms with Crippen LogP contribution in [-0.4, -0.2) is 44.6 Å². The van der Waals surface area contributed by atoms with Crippen LogP contribution in [0.3, 0.4) is 0 Å². The SMILES string of the molecule is OC1(c2ccc(Cl)cc2)CCN(CC/C=C(\c2cccnc2)c2cncnc2)CC1. The van der Waals surface area contributed by atoms with E-state index in [1.54, 1.807) is 12.5 Å². The molecule has 1 N–H and O–H groups in total. The Morgan fingerprint density at radius 2 is 1.70 bits per heavy atom. The fourth-order valence-corrected chi connectivity index (χ4v) is 4.08. The van der Waals surface area contributed by atoms with Crippen LogP contribution in [0, 0.1) is 0 Å². The highest BCUT2D eigenvalue weighted by molar-refractivity contribution is 6.30. The van der Waals surface area contributed by atoms with Gasteiger partial charge in [-0.25, -0.2) is 9.97 Å². The van der Waals surface area contributed by atoms with Crippen molar-refractivity contribution in [3.8, 4) is 0 Å². The third-order valence-electron chi connectivity index (χ3n) is 5.70. The molecule has 2 aromatic heterocycles. The van der Waals surface area contributed by atoms with Crippen molar-refractivity contribution < 1.29 is 5.11 Å². The van der Waals surface area contributed by atoms with Crippen LogP contribution >= 0.6 is 11.6 Å². The van der Waals surface area contributed by atoms with Crippen LogP contribution in [0.4, 0.5) is 0 Å². The molecule has 0 radical (unpaired) electrons. The van der Waals surface area contributed by atoms with Gasteiger partial charge in [0.2, 0.25) is 0 Å². The van der Waals surface area contributed by atoms with Gasteiger partial charge in [-0.05, 0) is 48.6 Å². The normalized spacial score (nSPS) is 17.1. The number of pyridine rings is 1. The Hall–Kier alpha value is -2.60. The van der Waals surface area contributed by atoms with Crippen molar-refractivity contribution in [2.75, 3.05) is 19.6 Å². The quantitative estimate of drug-likeness (QED) is 0.643. The van der Waals surface area contributed by atoms with Crippen molar-refractivity contribution in [3.63, 3.8) is 0 Å². The molecule has 5 nitrogen and oxygen atoms in total. The fourth-order valence-electron chi connectivity index (χ4n) is 3.95. The Kier molecular flexibility index (Phi) is 6.53. The maximum atomic E-state index is 11.1. The first kappa shape index (κ1) is 20.7. The summed E-state index contributed by atoms with van der Waals surface area (Å²) in [7, 11) is 0. The van der Waals surface area contributed by atoms with E-state index in [0.717, 1.165) is 61.2 Å². The van der Waals surface area contributed by atoms with Crippen LogP contribution in [0.5, 0.6) is 0 Å². The standard InChI is InChI=1S/C24H25ClN4O/c25-22-7-5-21(6-8-22)24(30)9-13-29(14-10-24)12-2-4-23(19-3-1-11-26-15-19)20-16-27-18-28-17-20/h1,3-8,11,15-18,30H,2,9-10,12-14H2/b23-4+. The molecule has 0 spiro atoms. The number of hydrogen-bond donors (Lipinski definition) is 1. The van der Waals surface area contributed by atoms with Crippen LogP contribution < -0.4 is 0 Å². The maximum Gasteiger partial charge on any atom is 0.115 e. The summed E-state index contributed by atoms with van der Waals surface area (Å²) < 4.78 is 0. The fraction of sp³-hybridized carbons (Fsp3) is 0.292. The molecule has 6 heteroatoms. The summed E-state index contributed by atoms with van der Waals surface area (Å²) in [5, 5.41) is 11.8. The third kappa shape index (κ3) is 4.93. The van der Waals surface area contributed by atoms with Gasteiger partial charge in [0.05, 0.1) is 5.60 Å². The van der Waals surface area contributed by atoms with E-state index in [0.29, 0.717) is 5.02 Å². The van der Waals surface area contributed by atoms with E-state index in [4.69, 9.17) is 11.6 Å². The number of piperidine rings is 1. The lowest BCUT2D eigenvalue weighted by molar-refractivity contribution is -0.0254. The predicted molar refractivity (Wildman–Crippen MR) is 119 cm³/mol. The van der Waals surface area contributed by atoms with Crippen molar-refractivity contribution in [2.45, 2.75) is 24.9 Å². The van der Waals surface area contributed by atoms with E-state index in [-0.39, 0.29) is 0 Å². The smallest absolute Gasteiger partial charge is 0.115 e. The monoisotopic (exact) mass is 420 g/mol. The van der Waals surface area contributed by atoms with Crippen molar-refractivity contribution in [3.05, 3.63) is 95.3 Å². The van der Waals surface area contributed by atoms with Crippen LogP contribution in [0.15, 0.2) is 73.6 Å². The highest BCUT2D eigenvalue weighted by Gasteiger charge is 2.33. The number of halogens is 1. The first-order chi connectivity index (χ1) is 14.6. The zero-order valence-corrected chi connectivity index (χ0v) is 17.5. The lowest BCUT2D eigenvalue weighted by atomic mass is 9.84. The Bertz CT molecular complexity index is 928. The highest BCUT2D eigenvalue weighted by atomic mass is 35.5. The van der Waals surface area contributed by atoms with Gasteiger partial charge in [0.1, 0.15) is 6.33 Å². The lowest BCUT2D eigenvalue weighted by Gasteiger charge is -2.38. The molecule has 1 saturated heterocycles. The van der Waals surface area contributed by atoms with E-state index in [9.17, 15) is 5.11 Å². The summed E-state index contributed by atoms with van der Waals surface area (Å²) in [6.07, 6.45) is 13.4. The molecule has 154 valence electrons. The molecule has 0 unspecified atom stereocenters. The average Bonchev–Trinajstić information content (AvgIpc) is 2.79. The summed E-state index contributed by atoms with van der Waals surface area (Å²) in [6, 6.07) is 11.6. The molecular weight excluding hydrogens is 396 g/mol. The molecule has 3 aromatic rings. The number of hydrogen-bond acceptors (Lipinski definition) is 5. The van der Waals surface area contributed by atoms with Gasteiger partial charge < -0.3 is 10.0 Å². The Balaban J connectivity index is 1.39. The number of nitrogens with zero attached hydrogens (tertiary/aromatic N) is 4. The number of benzene rings is 1. The van der Waals surface area contributed by atoms with Crippen molar-refractivity contribution in [1.29, 1.82) is 0 Å². The number of rotatable bonds is 6. The Morgan fingerprint density at radius 3 is 2.37 bits per heavy atom. The van der Waals surface area contributed by atoms with Gasteiger partial charge in [0.25, 0.3) is 0 Å². The first-order valence-electron chi connectivity index (χ1n) is 10.2. The van der Waals surface area contributed by atoms with E-state index >= 15 is 0 Å². The summed E-state index contributed by atoms with van der Waals surface area (Å²) in [4.78, 5) is 15.0. The van der Waals surface area contributed by atoms with E-state index in [1.165, 1.54) is 0 Å². The van der Waals surface area contributed by atoms with Crippen LogP contribution in [0.1, 0.15) is 36.0 Å². The summed E-state index contributed by atoms with van der Waals surface area (Å²) in [5.74, 6) is 0. The molecule has 0 amide bonds. The molecule has 3 heterocycles. The second kappa shape index (κ2) is 9.47. The maximum absolute atomic E-state index is 11.1. The van der Waals surface area contributed by atoms with Gasteiger partial charge in [0, 0.05) is 60.6 Å². The summed E-state index contributed by atoms with van der Waals surface area (Å²) in [5.41, 5.74) is 3.33. The summed E-state index contributed by atoms with van der Waals surface area (Å²) in [6.45, 7) is 2.67. The predicted octanol–water partition coefficient (Wildman–Crippen LogP) is 4.33. The van der Waals surface area contributed by atoms with Gasteiger partial charge in [-0.1, -0.05) is 35.9 Å². The number of aromatic nitrogens is 3. The molecule has 1 aliphatic rings. The van der Waals surface area contributed by atoms with Crippen LogP contribution in [0.25, 0.3) is 5.57 Å². The van der Waals surface area contributed by atoms with E-state index in [2.05, 4.69) is 32.0 Å². The largest absolute Gasteiger partial charge is 0.385 e. The molecule has 4 rings (SSSR count). The van der Waals surface area contributed by atoms with Gasteiger partial charge in [-0.3, -0.25) is 4.98 Å². The summed E-state index contributed by atoms with van der Waals surface area (Å²) >= 11 is 5.98. The minimum Gasteiger partial charge on any atom is -0.385 e. The average molecular weight is 421 g/mol. The zero-order chi connectivity index (χ0) is 20.8. The zero-order valence-electron chi connectivity index (χ0n) is 16.8. The minimum absolute atomic E-state index is 0.694. The van der Waals surface area contributed by atoms with Gasteiger partial charge in [0.15, 0.2) is 0 Å². The first-order valence-corrected chi connectivity index (χ1v) is 10.6. The van der Waals surface area contributed by atoms with Gasteiger partial charge in [-0.15, -0.1) is 0 Å². The van der Waals surface area contributed by atoms with Crippen molar-refractivity contribution in [2.24, 2.45) is 0 Å². The minimum atomic E-state index is -0.765. The molecule has 0 saturated carbocycles. The molecule has 0 bridgehead atoms. The van der Waals surface area contributed by atoms with Gasteiger partial charge >= 0.3 is 0 Å². The molecular formula is C24H25ClN4O. The number of aliphatic hydroxyl groups is 1. The number of likely N-dealkylation sites (tertiary alicyclic amines) is 1. The Morgan fingerprint density at radius 1 is 1.00 bits per heavy atom. The second-order valence-electron chi connectivity index (χ2n) is 7.66.